The Hall–Kier alpha value is -2.14. The van der Waals surface area contributed by atoms with Gasteiger partial charge in [-0.15, -0.1) is 0 Å². The smallest absolute Gasteiger partial charge is 0.303 e. The molecule has 0 amide bonds. The van der Waals surface area contributed by atoms with E-state index in [1.807, 2.05) is 24.3 Å². The average Bonchev–Trinajstić information content (AvgIpc) is 2.48. The highest BCUT2D eigenvalue weighted by Crippen LogP contribution is 2.10. The van der Waals surface area contributed by atoms with Crippen molar-refractivity contribution in [1.82, 2.24) is 9.97 Å². The molecule has 0 aliphatic rings. The molecule has 0 saturated heterocycles. The second-order valence-electron chi connectivity index (χ2n) is 4.61. The van der Waals surface area contributed by atoms with E-state index in [9.17, 15) is 4.79 Å². The van der Waals surface area contributed by atoms with Crippen LogP contribution in [0.25, 0.3) is 0 Å². The third kappa shape index (κ3) is 5.39. The van der Waals surface area contributed by atoms with Crippen LogP contribution in [0.2, 0.25) is 5.02 Å². The number of aliphatic carboxylic acids is 1. The summed E-state index contributed by atoms with van der Waals surface area (Å²) in [6, 6.07) is 7.70. The second-order valence-corrected chi connectivity index (χ2v) is 5.05. The number of rotatable bonds is 7. The molecule has 0 aliphatic carbocycles. The summed E-state index contributed by atoms with van der Waals surface area (Å²) < 4.78 is 0. The standard InChI is InChI=1S/C15H16ClN3O2/c16-13-4-1-11(2-5-13)7-8-17-15-18-9-12(10-19-15)3-6-14(20)21/h1-2,4-5,9-10H,3,6-8H2,(H,20,21)(H,17,18,19). The highest BCUT2D eigenvalue weighted by molar-refractivity contribution is 6.30. The number of hydrogen-bond donors (Lipinski definition) is 2. The van der Waals surface area contributed by atoms with Crippen LogP contribution in [0.4, 0.5) is 5.95 Å². The SMILES string of the molecule is O=C(O)CCc1cnc(NCCc2ccc(Cl)cc2)nc1. The summed E-state index contributed by atoms with van der Waals surface area (Å²) in [5.74, 6) is -0.275. The van der Waals surface area contributed by atoms with Crippen molar-refractivity contribution in [3.8, 4) is 0 Å². The molecule has 6 heteroatoms. The fourth-order valence-electron chi connectivity index (χ4n) is 1.80. The topological polar surface area (TPSA) is 75.1 Å². The van der Waals surface area contributed by atoms with Gasteiger partial charge in [0.15, 0.2) is 0 Å². The number of hydrogen-bond acceptors (Lipinski definition) is 4. The molecule has 0 atom stereocenters. The Balaban J connectivity index is 1.78. The Morgan fingerprint density at radius 3 is 2.38 bits per heavy atom. The van der Waals surface area contributed by atoms with Crippen LogP contribution in [-0.4, -0.2) is 27.6 Å². The first-order valence-corrected chi connectivity index (χ1v) is 7.02. The van der Waals surface area contributed by atoms with Crippen LogP contribution < -0.4 is 5.32 Å². The Labute approximate surface area is 128 Å². The van der Waals surface area contributed by atoms with Crippen molar-refractivity contribution < 1.29 is 9.90 Å². The normalized spacial score (nSPS) is 10.3. The Morgan fingerprint density at radius 2 is 1.76 bits per heavy atom. The van der Waals surface area contributed by atoms with Crippen LogP contribution in [0.15, 0.2) is 36.7 Å². The summed E-state index contributed by atoms with van der Waals surface area (Å²) in [4.78, 5) is 18.8. The highest BCUT2D eigenvalue weighted by atomic mass is 35.5. The van der Waals surface area contributed by atoms with Gasteiger partial charge in [-0.05, 0) is 36.1 Å². The monoisotopic (exact) mass is 305 g/mol. The van der Waals surface area contributed by atoms with E-state index in [0.717, 1.165) is 23.6 Å². The first-order chi connectivity index (χ1) is 10.1. The van der Waals surface area contributed by atoms with Crippen LogP contribution in [-0.2, 0) is 17.6 Å². The minimum atomic E-state index is -0.819. The molecule has 2 rings (SSSR count). The number of nitrogens with zero attached hydrogens (tertiary/aromatic N) is 2. The zero-order valence-electron chi connectivity index (χ0n) is 11.4. The Kier molecular flexibility index (Phi) is 5.51. The van der Waals surface area contributed by atoms with E-state index >= 15 is 0 Å². The van der Waals surface area contributed by atoms with Crippen LogP contribution >= 0.6 is 11.6 Å². The lowest BCUT2D eigenvalue weighted by atomic mass is 10.1. The first kappa shape index (κ1) is 15.3. The van der Waals surface area contributed by atoms with Gasteiger partial charge in [-0.1, -0.05) is 23.7 Å². The summed E-state index contributed by atoms with van der Waals surface area (Å²) in [7, 11) is 0. The van der Waals surface area contributed by atoms with Crippen molar-refractivity contribution >= 4 is 23.5 Å². The predicted molar refractivity (Wildman–Crippen MR) is 81.6 cm³/mol. The number of aryl methyl sites for hydroxylation is 1. The van der Waals surface area contributed by atoms with Gasteiger partial charge < -0.3 is 10.4 Å². The van der Waals surface area contributed by atoms with Crippen LogP contribution in [0, 0.1) is 0 Å². The van der Waals surface area contributed by atoms with E-state index < -0.39 is 5.97 Å². The van der Waals surface area contributed by atoms with Gasteiger partial charge in [-0.3, -0.25) is 4.79 Å². The molecule has 0 aliphatic heterocycles. The molecular weight excluding hydrogens is 290 g/mol. The molecular formula is C15H16ClN3O2. The van der Waals surface area contributed by atoms with Crippen molar-refractivity contribution in [3.05, 3.63) is 52.8 Å². The maximum Gasteiger partial charge on any atom is 0.303 e. The molecule has 110 valence electrons. The fraction of sp³-hybridized carbons (Fsp3) is 0.267. The lowest BCUT2D eigenvalue weighted by Gasteiger charge is -2.05. The van der Waals surface area contributed by atoms with Crippen molar-refractivity contribution in [2.24, 2.45) is 0 Å². The molecule has 1 aromatic carbocycles. The van der Waals surface area contributed by atoms with E-state index in [2.05, 4.69) is 15.3 Å². The summed E-state index contributed by atoms with van der Waals surface area (Å²) in [5, 5.41) is 12.5. The molecule has 5 nitrogen and oxygen atoms in total. The minimum absolute atomic E-state index is 0.0900. The number of halogens is 1. The molecule has 0 saturated carbocycles. The van der Waals surface area contributed by atoms with Crippen LogP contribution in [0.5, 0.6) is 0 Å². The van der Waals surface area contributed by atoms with Crippen molar-refractivity contribution in [2.75, 3.05) is 11.9 Å². The van der Waals surface area contributed by atoms with E-state index in [1.54, 1.807) is 12.4 Å². The highest BCUT2D eigenvalue weighted by Gasteiger charge is 2.01. The van der Waals surface area contributed by atoms with Gasteiger partial charge in [0.2, 0.25) is 5.95 Å². The van der Waals surface area contributed by atoms with Gasteiger partial charge in [0.05, 0.1) is 0 Å². The summed E-state index contributed by atoms with van der Waals surface area (Å²) >= 11 is 5.83. The zero-order valence-corrected chi connectivity index (χ0v) is 12.2. The number of anilines is 1. The molecule has 0 spiro atoms. The van der Waals surface area contributed by atoms with E-state index in [4.69, 9.17) is 16.7 Å². The van der Waals surface area contributed by atoms with Gasteiger partial charge in [0.25, 0.3) is 0 Å². The molecule has 0 bridgehead atoms. The molecule has 0 unspecified atom stereocenters. The lowest BCUT2D eigenvalue weighted by molar-refractivity contribution is -0.136. The largest absolute Gasteiger partial charge is 0.481 e. The molecule has 1 aromatic heterocycles. The number of benzene rings is 1. The summed E-state index contributed by atoms with van der Waals surface area (Å²) in [6.07, 6.45) is 4.69. The number of carboxylic acids is 1. The van der Waals surface area contributed by atoms with Crippen LogP contribution in [0.3, 0.4) is 0 Å². The lowest BCUT2D eigenvalue weighted by Crippen LogP contribution is -2.08. The molecule has 0 fully saturated rings. The first-order valence-electron chi connectivity index (χ1n) is 6.64. The second kappa shape index (κ2) is 7.59. The van der Waals surface area contributed by atoms with Gasteiger partial charge in [0.1, 0.15) is 0 Å². The minimum Gasteiger partial charge on any atom is -0.481 e. The van der Waals surface area contributed by atoms with Crippen molar-refractivity contribution in [1.29, 1.82) is 0 Å². The number of carbonyl (C=O) groups is 1. The Bertz CT molecular complexity index is 585. The Morgan fingerprint density at radius 1 is 1.10 bits per heavy atom. The van der Waals surface area contributed by atoms with Gasteiger partial charge in [0, 0.05) is 30.4 Å². The van der Waals surface area contributed by atoms with E-state index in [0.29, 0.717) is 12.4 Å². The molecule has 0 radical (unpaired) electrons. The average molecular weight is 306 g/mol. The van der Waals surface area contributed by atoms with Gasteiger partial charge in [-0.2, -0.15) is 0 Å². The number of nitrogens with one attached hydrogen (secondary N) is 1. The number of carboxylic acid groups (broad SMARTS) is 1. The molecule has 2 N–H and O–H groups in total. The van der Waals surface area contributed by atoms with Crippen molar-refractivity contribution in [3.63, 3.8) is 0 Å². The van der Waals surface area contributed by atoms with Crippen molar-refractivity contribution in [2.45, 2.75) is 19.3 Å². The van der Waals surface area contributed by atoms with Crippen LogP contribution in [0.1, 0.15) is 17.5 Å². The zero-order chi connectivity index (χ0) is 15.1. The predicted octanol–water partition coefficient (Wildman–Crippen LogP) is 2.80. The number of aromatic nitrogens is 2. The summed E-state index contributed by atoms with van der Waals surface area (Å²) in [6.45, 7) is 0.718. The van der Waals surface area contributed by atoms with Gasteiger partial charge >= 0.3 is 5.97 Å². The third-order valence-electron chi connectivity index (χ3n) is 2.94. The summed E-state index contributed by atoms with van der Waals surface area (Å²) in [5.41, 5.74) is 2.01. The maximum absolute atomic E-state index is 10.5. The molecule has 21 heavy (non-hydrogen) atoms. The molecule has 2 aromatic rings. The van der Waals surface area contributed by atoms with E-state index in [-0.39, 0.29) is 6.42 Å². The third-order valence-corrected chi connectivity index (χ3v) is 3.19. The quantitative estimate of drug-likeness (QED) is 0.822. The fourth-order valence-corrected chi connectivity index (χ4v) is 1.92. The molecule has 1 heterocycles. The van der Waals surface area contributed by atoms with Gasteiger partial charge in [-0.25, -0.2) is 9.97 Å². The maximum atomic E-state index is 10.5. The van der Waals surface area contributed by atoms with E-state index in [1.165, 1.54) is 5.56 Å².